The van der Waals surface area contributed by atoms with Gasteiger partial charge in [-0.15, -0.1) is 0 Å². The molecule has 0 bridgehead atoms. The molecule has 1 heterocycles. The van der Waals surface area contributed by atoms with Crippen molar-refractivity contribution in [1.82, 2.24) is 4.90 Å². The Morgan fingerprint density at radius 2 is 1.89 bits per heavy atom. The molecule has 1 aliphatic carbocycles. The van der Waals surface area contributed by atoms with Gasteiger partial charge in [0.25, 0.3) is 0 Å². The molecule has 1 aliphatic heterocycles. The minimum atomic E-state index is 0.204. The van der Waals surface area contributed by atoms with Gasteiger partial charge in [0, 0.05) is 25.9 Å². The molecule has 1 atom stereocenters. The lowest BCUT2D eigenvalue weighted by atomic mass is 10.1. The maximum Gasteiger partial charge on any atom is 0.231 e. The van der Waals surface area contributed by atoms with Crippen molar-refractivity contribution >= 4 is 0 Å². The van der Waals surface area contributed by atoms with Gasteiger partial charge in [-0.3, -0.25) is 0 Å². The molecule has 1 unspecified atom stereocenters. The SMILES string of the molecule is CCCCCCCCN(Cc1ccc2c(c1)OCO2)C1=CCC(OC)C=C1. The van der Waals surface area contributed by atoms with Gasteiger partial charge < -0.3 is 19.1 Å². The fourth-order valence-corrected chi connectivity index (χ4v) is 3.64. The first-order valence-corrected chi connectivity index (χ1v) is 10.3. The molecule has 0 amide bonds. The first-order valence-electron chi connectivity index (χ1n) is 10.3. The highest BCUT2D eigenvalue weighted by molar-refractivity contribution is 5.44. The van der Waals surface area contributed by atoms with E-state index in [1.807, 2.05) is 6.07 Å². The first kappa shape index (κ1) is 19.8. The van der Waals surface area contributed by atoms with Gasteiger partial charge in [0.1, 0.15) is 0 Å². The lowest BCUT2D eigenvalue weighted by Crippen LogP contribution is -2.25. The zero-order valence-corrected chi connectivity index (χ0v) is 16.8. The zero-order valence-electron chi connectivity index (χ0n) is 16.8. The van der Waals surface area contributed by atoms with Crippen LogP contribution in [0.5, 0.6) is 11.5 Å². The lowest BCUT2D eigenvalue weighted by Gasteiger charge is -2.28. The Morgan fingerprint density at radius 1 is 1.07 bits per heavy atom. The summed E-state index contributed by atoms with van der Waals surface area (Å²) in [6, 6.07) is 6.28. The number of ether oxygens (including phenoxy) is 3. The lowest BCUT2D eigenvalue weighted by molar-refractivity contribution is 0.141. The highest BCUT2D eigenvalue weighted by atomic mass is 16.7. The number of hydrogen-bond acceptors (Lipinski definition) is 4. The average molecular weight is 372 g/mol. The molecule has 1 aromatic carbocycles. The van der Waals surface area contributed by atoms with Gasteiger partial charge >= 0.3 is 0 Å². The van der Waals surface area contributed by atoms with Crippen molar-refractivity contribution in [2.75, 3.05) is 20.4 Å². The highest BCUT2D eigenvalue weighted by Crippen LogP contribution is 2.33. The van der Waals surface area contributed by atoms with Crippen molar-refractivity contribution in [3.05, 3.63) is 47.7 Å². The third kappa shape index (κ3) is 5.77. The van der Waals surface area contributed by atoms with E-state index >= 15 is 0 Å². The summed E-state index contributed by atoms with van der Waals surface area (Å²) in [5.41, 5.74) is 2.56. The molecule has 0 aromatic heterocycles. The second kappa shape index (κ2) is 10.4. The number of nitrogens with zero attached hydrogens (tertiary/aromatic N) is 1. The van der Waals surface area contributed by atoms with Crippen LogP contribution in [0.25, 0.3) is 0 Å². The van der Waals surface area contributed by atoms with Crippen molar-refractivity contribution in [3.8, 4) is 11.5 Å². The molecular formula is C23H33NO3. The summed E-state index contributed by atoms with van der Waals surface area (Å²) < 4.78 is 16.4. The third-order valence-corrected chi connectivity index (χ3v) is 5.30. The van der Waals surface area contributed by atoms with Crippen molar-refractivity contribution in [1.29, 1.82) is 0 Å². The maximum absolute atomic E-state index is 5.54. The predicted molar refractivity (Wildman–Crippen MR) is 109 cm³/mol. The van der Waals surface area contributed by atoms with E-state index in [4.69, 9.17) is 14.2 Å². The first-order chi connectivity index (χ1) is 13.3. The number of fused-ring (bicyclic) bond motifs is 1. The van der Waals surface area contributed by atoms with Gasteiger partial charge in [0.2, 0.25) is 6.79 Å². The monoisotopic (exact) mass is 371 g/mol. The number of rotatable bonds is 11. The fraction of sp³-hybridized carbons (Fsp3) is 0.565. The number of allylic oxidation sites excluding steroid dienone is 1. The predicted octanol–water partition coefficient (Wildman–Crippen LogP) is 5.44. The summed E-state index contributed by atoms with van der Waals surface area (Å²) in [5.74, 6) is 1.71. The second-order valence-corrected chi connectivity index (χ2v) is 7.37. The minimum absolute atomic E-state index is 0.204. The number of unbranched alkanes of at least 4 members (excludes halogenated alkanes) is 5. The molecule has 0 fully saturated rings. The van der Waals surface area contributed by atoms with Crippen molar-refractivity contribution < 1.29 is 14.2 Å². The van der Waals surface area contributed by atoms with E-state index in [-0.39, 0.29) is 6.10 Å². The van der Waals surface area contributed by atoms with Gasteiger partial charge in [0.15, 0.2) is 11.5 Å². The van der Waals surface area contributed by atoms with Crippen LogP contribution >= 0.6 is 0 Å². The highest BCUT2D eigenvalue weighted by Gasteiger charge is 2.17. The van der Waals surface area contributed by atoms with Crippen LogP contribution in [-0.2, 0) is 11.3 Å². The largest absolute Gasteiger partial charge is 0.454 e. The van der Waals surface area contributed by atoms with E-state index in [0.717, 1.165) is 31.0 Å². The molecule has 0 saturated carbocycles. The second-order valence-electron chi connectivity index (χ2n) is 7.37. The van der Waals surface area contributed by atoms with Crippen molar-refractivity contribution in [2.24, 2.45) is 0 Å². The van der Waals surface area contributed by atoms with Crippen LogP contribution in [0.4, 0.5) is 0 Å². The van der Waals surface area contributed by atoms with E-state index in [1.165, 1.54) is 49.8 Å². The quantitative estimate of drug-likeness (QED) is 0.485. The molecule has 4 nitrogen and oxygen atoms in total. The van der Waals surface area contributed by atoms with Crippen LogP contribution in [-0.4, -0.2) is 31.5 Å². The zero-order chi connectivity index (χ0) is 18.9. The molecule has 2 aliphatic rings. The molecule has 0 saturated heterocycles. The van der Waals surface area contributed by atoms with Gasteiger partial charge in [-0.2, -0.15) is 0 Å². The number of hydrogen-bond donors (Lipinski definition) is 0. The molecule has 27 heavy (non-hydrogen) atoms. The fourth-order valence-electron chi connectivity index (χ4n) is 3.64. The Bertz CT molecular complexity index is 653. The number of benzene rings is 1. The van der Waals surface area contributed by atoms with E-state index in [9.17, 15) is 0 Å². The minimum Gasteiger partial charge on any atom is -0.454 e. The molecule has 0 N–H and O–H groups in total. The Balaban J connectivity index is 1.60. The molecular weight excluding hydrogens is 338 g/mol. The maximum atomic E-state index is 5.54. The summed E-state index contributed by atoms with van der Waals surface area (Å²) in [6.45, 7) is 4.56. The Hall–Kier alpha value is -1.94. The van der Waals surface area contributed by atoms with E-state index < -0.39 is 0 Å². The summed E-state index contributed by atoms with van der Waals surface area (Å²) in [6.07, 6.45) is 15.7. The topological polar surface area (TPSA) is 30.9 Å². The Labute approximate surface area is 163 Å². The third-order valence-electron chi connectivity index (χ3n) is 5.30. The van der Waals surface area contributed by atoms with Gasteiger partial charge in [-0.25, -0.2) is 0 Å². The smallest absolute Gasteiger partial charge is 0.231 e. The average Bonchev–Trinajstić information content (AvgIpc) is 3.17. The molecule has 4 heteroatoms. The van der Waals surface area contributed by atoms with Crippen molar-refractivity contribution in [2.45, 2.75) is 64.5 Å². The molecule has 3 rings (SSSR count). The van der Waals surface area contributed by atoms with Crippen LogP contribution in [0.15, 0.2) is 42.1 Å². The molecule has 1 aromatic rings. The molecule has 148 valence electrons. The van der Waals surface area contributed by atoms with Gasteiger partial charge in [0.05, 0.1) is 6.10 Å². The van der Waals surface area contributed by atoms with Gasteiger partial charge in [-0.1, -0.05) is 57.2 Å². The molecule has 0 spiro atoms. The molecule has 0 radical (unpaired) electrons. The Kier molecular flexibility index (Phi) is 7.64. The van der Waals surface area contributed by atoms with Crippen LogP contribution < -0.4 is 9.47 Å². The summed E-state index contributed by atoms with van der Waals surface area (Å²) in [4.78, 5) is 2.49. The van der Waals surface area contributed by atoms with E-state index in [2.05, 4.69) is 42.2 Å². The van der Waals surface area contributed by atoms with Crippen LogP contribution in [0.1, 0.15) is 57.4 Å². The summed E-state index contributed by atoms with van der Waals surface area (Å²) in [5, 5.41) is 0. The summed E-state index contributed by atoms with van der Waals surface area (Å²) >= 11 is 0. The number of methoxy groups -OCH3 is 1. The van der Waals surface area contributed by atoms with E-state index in [0.29, 0.717) is 6.79 Å². The van der Waals surface area contributed by atoms with Crippen LogP contribution in [0.2, 0.25) is 0 Å². The van der Waals surface area contributed by atoms with E-state index in [1.54, 1.807) is 7.11 Å². The Morgan fingerprint density at radius 3 is 2.67 bits per heavy atom. The summed E-state index contributed by atoms with van der Waals surface area (Å²) in [7, 11) is 1.77. The normalized spacial score (nSPS) is 17.9. The van der Waals surface area contributed by atoms with Gasteiger partial charge in [-0.05, 0) is 36.6 Å². The standard InChI is InChI=1S/C23H33NO3/c1-3-4-5-6-7-8-15-24(20-10-12-21(25-2)13-11-20)17-19-9-14-22-23(16-19)27-18-26-22/h9-12,14,16,21H,3-8,13,15,17-18H2,1-2H3. The van der Waals surface area contributed by atoms with Crippen LogP contribution in [0.3, 0.4) is 0 Å². The van der Waals surface area contributed by atoms with Crippen LogP contribution in [0, 0.1) is 0 Å². The van der Waals surface area contributed by atoms with Crippen molar-refractivity contribution in [3.63, 3.8) is 0 Å².